The number of benzene rings is 1. The molecule has 1 N–H and O–H groups in total. The first kappa shape index (κ1) is 23.9. The normalized spacial score (nSPS) is 17.0. The second kappa shape index (κ2) is 13.0. The maximum absolute atomic E-state index is 12.2. The lowest BCUT2D eigenvalue weighted by atomic mass is 9.99. The molecule has 0 radical (unpaired) electrons. The number of rotatable bonds is 13. The number of nitrogens with zero attached hydrogens (tertiary/aromatic N) is 2. The highest BCUT2D eigenvalue weighted by Crippen LogP contribution is 2.24. The first-order valence-corrected chi connectivity index (χ1v) is 11.2. The summed E-state index contributed by atoms with van der Waals surface area (Å²) in [6.07, 6.45) is 7.14. The van der Waals surface area contributed by atoms with Crippen LogP contribution in [0.4, 0.5) is 0 Å². The van der Waals surface area contributed by atoms with E-state index in [1.807, 2.05) is 30.0 Å². The lowest BCUT2D eigenvalue weighted by molar-refractivity contribution is -0.143. The van der Waals surface area contributed by atoms with Crippen molar-refractivity contribution in [1.29, 1.82) is 5.26 Å². The molecule has 1 aliphatic rings. The number of unbranched alkanes of at least 4 members (excludes halogenated alkanes) is 3. The number of aliphatic hydroxyl groups excluding tert-OH is 1. The first-order valence-electron chi connectivity index (χ1n) is 11.2. The summed E-state index contributed by atoms with van der Waals surface area (Å²) in [6.45, 7) is 2.99. The Labute approximate surface area is 179 Å². The third-order valence-electron chi connectivity index (χ3n) is 5.65. The largest absolute Gasteiger partial charge is 0.466 e. The van der Waals surface area contributed by atoms with E-state index in [9.17, 15) is 14.7 Å². The van der Waals surface area contributed by atoms with E-state index in [1.54, 1.807) is 6.07 Å². The average Bonchev–Trinajstić information content (AvgIpc) is 3.09. The van der Waals surface area contributed by atoms with E-state index in [2.05, 4.69) is 6.07 Å². The summed E-state index contributed by atoms with van der Waals surface area (Å²) < 4.78 is 4.93. The van der Waals surface area contributed by atoms with Crippen LogP contribution < -0.4 is 0 Å². The van der Waals surface area contributed by atoms with Gasteiger partial charge in [-0.25, -0.2) is 0 Å². The molecule has 1 aromatic carbocycles. The van der Waals surface area contributed by atoms with Crippen LogP contribution in [0.2, 0.25) is 0 Å². The molecule has 30 heavy (non-hydrogen) atoms. The van der Waals surface area contributed by atoms with E-state index in [4.69, 9.17) is 10.00 Å². The number of amides is 1. The van der Waals surface area contributed by atoms with Gasteiger partial charge in [-0.3, -0.25) is 9.59 Å². The molecule has 1 saturated heterocycles. The minimum Gasteiger partial charge on any atom is -0.466 e. The van der Waals surface area contributed by atoms with Crippen molar-refractivity contribution in [3.8, 4) is 6.07 Å². The van der Waals surface area contributed by atoms with Gasteiger partial charge in [0.05, 0.1) is 24.3 Å². The van der Waals surface area contributed by atoms with Gasteiger partial charge in [0.25, 0.3) is 0 Å². The number of esters is 1. The Kier molecular flexibility index (Phi) is 10.4. The average molecular weight is 415 g/mol. The fourth-order valence-electron chi connectivity index (χ4n) is 4.07. The number of nitriles is 1. The summed E-state index contributed by atoms with van der Waals surface area (Å²) in [7, 11) is 0. The van der Waals surface area contributed by atoms with Gasteiger partial charge in [0, 0.05) is 25.4 Å². The highest BCUT2D eigenvalue weighted by Gasteiger charge is 2.30. The van der Waals surface area contributed by atoms with E-state index in [-0.39, 0.29) is 17.9 Å². The number of likely N-dealkylation sites (tertiary alicyclic amines) is 1. The minimum atomic E-state index is -0.473. The predicted octanol–water partition coefficient (Wildman–Crippen LogP) is 3.75. The van der Waals surface area contributed by atoms with Crippen molar-refractivity contribution < 1.29 is 19.4 Å². The Balaban J connectivity index is 1.67. The maximum atomic E-state index is 12.2. The summed E-state index contributed by atoms with van der Waals surface area (Å²) in [5.74, 6) is 0.0768. The van der Waals surface area contributed by atoms with Gasteiger partial charge in [0.2, 0.25) is 5.91 Å². The molecule has 1 aliphatic heterocycles. The number of hydrogen-bond acceptors (Lipinski definition) is 5. The van der Waals surface area contributed by atoms with E-state index in [0.29, 0.717) is 37.9 Å². The number of hydrogen-bond donors (Lipinski definition) is 1. The van der Waals surface area contributed by atoms with Crippen molar-refractivity contribution >= 4 is 11.9 Å². The summed E-state index contributed by atoms with van der Waals surface area (Å²) in [4.78, 5) is 25.6. The van der Waals surface area contributed by atoms with E-state index in [1.165, 1.54) is 0 Å². The minimum absolute atomic E-state index is 0.134. The van der Waals surface area contributed by atoms with Crippen LogP contribution in [0.3, 0.4) is 0 Å². The lowest BCUT2D eigenvalue weighted by Crippen LogP contribution is -2.34. The number of ether oxygens (including phenoxy) is 1. The summed E-state index contributed by atoms with van der Waals surface area (Å²) in [6, 6.07) is 9.67. The molecule has 6 nitrogen and oxygen atoms in total. The molecular weight excluding hydrogens is 380 g/mol. The SMILES string of the molecule is CCOC(=O)CCCCCCN1C(=O)CC[C@@H]1CC[C@@H](O)Cc1cccc(C#N)c1. The third kappa shape index (κ3) is 8.16. The fraction of sp³-hybridized carbons (Fsp3) is 0.625. The zero-order chi connectivity index (χ0) is 21.8. The predicted molar refractivity (Wildman–Crippen MR) is 115 cm³/mol. The number of carbonyl (C=O) groups is 2. The topological polar surface area (TPSA) is 90.6 Å². The summed E-state index contributed by atoms with van der Waals surface area (Å²) in [5, 5.41) is 19.4. The molecule has 1 amide bonds. The molecule has 2 rings (SSSR count). The second-order valence-electron chi connectivity index (χ2n) is 8.00. The quantitative estimate of drug-likeness (QED) is 0.392. The number of aliphatic hydroxyl groups is 1. The molecular formula is C24H34N2O4. The molecule has 0 aliphatic carbocycles. The van der Waals surface area contributed by atoms with Gasteiger partial charge < -0.3 is 14.7 Å². The molecule has 0 aromatic heterocycles. The van der Waals surface area contributed by atoms with Gasteiger partial charge in [0.15, 0.2) is 0 Å². The van der Waals surface area contributed by atoms with Crippen molar-refractivity contribution in [3.05, 3.63) is 35.4 Å². The maximum Gasteiger partial charge on any atom is 0.305 e. The van der Waals surface area contributed by atoms with Gasteiger partial charge in [-0.2, -0.15) is 5.26 Å². The third-order valence-corrected chi connectivity index (χ3v) is 5.65. The molecule has 0 saturated carbocycles. The molecule has 0 spiro atoms. The van der Waals surface area contributed by atoms with Crippen molar-refractivity contribution in [1.82, 2.24) is 4.90 Å². The molecule has 1 heterocycles. The van der Waals surface area contributed by atoms with Crippen molar-refractivity contribution in [2.45, 2.75) is 83.3 Å². The molecule has 0 unspecified atom stereocenters. The van der Waals surface area contributed by atoms with Crippen molar-refractivity contribution in [3.63, 3.8) is 0 Å². The van der Waals surface area contributed by atoms with Crippen LogP contribution in [0.1, 0.15) is 75.8 Å². The monoisotopic (exact) mass is 414 g/mol. The molecule has 6 heteroatoms. The van der Waals surface area contributed by atoms with Crippen LogP contribution in [0, 0.1) is 11.3 Å². The molecule has 1 fully saturated rings. The van der Waals surface area contributed by atoms with E-state index >= 15 is 0 Å². The standard InChI is InChI=1S/C24H34N2O4/c1-2-30-24(29)10-5-3-4-6-15-26-21(12-14-23(26)28)11-13-22(27)17-19-8-7-9-20(16-19)18-25/h7-9,16,21-22,27H,2-6,10-15,17H2,1H3/t21-,22+/m0/s1. The van der Waals surface area contributed by atoms with Crippen LogP contribution in [0.5, 0.6) is 0 Å². The first-order chi connectivity index (χ1) is 14.5. The Hall–Kier alpha value is -2.39. The second-order valence-corrected chi connectivity index (χ2v) is 8.00. The van der Waals surface area contributed by atoms with Crippen LogP contribution in [-0.2, 0) is 20.7 Å². The van der Waals surface area contributed by atoms with Crippen LogP contribution >= 0.6 is 0 Å². The van der Waals surface area contributed by atoms with E-state index in [0.717, 1.165) is 50.6 Å². The van der Waals surface area contributed by atoms with Gasteiger partial charge in [-0.15, -0.1) is 0 Å². The van der Waals surface area contributed by atoms with Gasteiger partial charge in [0.1, 0.15) is 0 Å². The molecule has 2 atom stereocenters. The zero-order valence-electron chi connectivity index (χ0n) is 18.0. The summed E-state index contributed by atoms with van der Waals surface area (Å²) >= 11 is 0. The summed E-state index contributed by atoms with van der Waals surface area (Å²) in [5.41, 5.74) is 1.57. The highest BCUT2D eigenvalue weighted by molar-refractivity contribution is 5.78. The smallest absolute Gasteiger partial charge is 0.305 e. The Morgan fingerprint density at radius 3 is 2.90 bits per heavy atom. The highest BCUT2D eigenvalue weighted by atomic mass is 16.5. The van der Waals surface area contributed by atoms with E-state index < -0.39 is 6.10 Å². The van der Waals surface area contributed by atoms with Crippen LogP contribution in [0.15, 0.2) is 24.3 Å². The van der Waals surface area contributed by atoms with Gasteiger partial charge in [-0.1, -0.05) is 25.0 Å². The Morgan fingerprint density at radius 1 is 1.33 bits per heavy atom. The molecule has 0 bridgehead atoms. The lowest BCUT2D eigenvalue weighted by Gasteiger charge is -2.26. The van der Waals surface area contributed by atoms with Gasteiger partial charge >= 0.3 is 5.97 Å². The van der Waals surface area contributed by atoms with Crippen molar-refractivity contribution in [2.75, 3.05) is 13.2 Å². The fourth-order valence-corrected chi connectivity index (χ4v) is 4.07. The zero-order valence-corrected chi connectivity index (χ0v) is 18.0. The van der Waals surface area contributed by atoms with Gasteiger partial charge in [-0.05, 0) is 63.1 Å². The number of carbonyl (C=O) groups excluding carboxylic acids is 2. The van der Waals surface area contributed by atoms with Crippen LogP contribution in [-0.4, -0.2) is 47.2 Å². The molecule has 1 aromatic rings. The Morgan fingerprint density at radius 2 is 2.13 bits per heavy atom. The van der Waals surface area contributed by atoms with Crippen LogP contribution in [0.25, 0.3) is 0 Å². The Bertz CT molecular complexity index is 728. The van der Waals surface area contributed by atoms with Crippen molar-refractivity contribution in [2.24, 2.45) is 0 Å². The molecule has 164 valence electrons.